The van der Waals surface area contributed by atoms with Gasteiger partial charge in [0.2, 0.25) is 0 Å². The molecule has 0 saturated carbocycles. The molecule has 2 heteroatoms. The molecule has 18 heavy (non-hydrogen) atoms. The van der Waals surface area contributed by atoms with Gasteiger partial charge < -0.3 is 4.90 Å². The summed E-state index contributed by atoms with van der Waals surface area (Å²) in [5.74, 6) is 0.844. The van der Waals surface area contributed by atoms with Crippen LogP contribution in [0.3, 0.4) is 0 Å². The third-order valence-corrected chi connectivity index (χ3v) is 2.99. The highest BCUT2D eigenvalue weighted by Crippen LogP contribution is 2.23. The van der Waals surface area contributed by atoms with Crippen LogP contribution in [0.15, 0.2) is 30.3 Å². The van der Waals surface area contributed by atoms with Gasteiger partial charge in [-0.2, -0.15) is 0 Å². The second kappa shape index (κ2) is 6.14. The Morgan fingerprint density at radius 1 is 1.22 bits per heavy atom. The van der Waals surface area contributed by atoms with Crippen LogP contribution in [0.5, 0.6) is 0 Å². The number of carbonyl (C=O) groups is 1. The van der Waals surface area contributed by atoms with Crippen LogP contribution in [0.4, 0.5) is 0 Å². The Kier molecular flexibility index (Phi) is 5.09. The molecule has 0 atom stereocenters. The van der Waals surface area contributed by atoms with Crippen LogP contribution in [0, 0.1) is 11.3 Å². The normalized spacial score (nSPS) is 12.2. The van der Waals surface area contributed by atoms with E-state index in [-0.39, 0.29) is 11.2 Å². The lowest BCUT2D eigenvalue weighted by molar-refractivity contribution is 0.0776. The van der Waals surface area contributed by atoms with Gasteiger partial charge in [-0.15, -0.1) is 0 Å². The molecular formula is C16H25NO. The molecule has 1 aromatic rings. The molecule has 0 aliphatic heterocycles. The van der Waals surface area contributed by atoms with Crippen LogP contribution in [0.1, 0.15) is 38.1 Å². The van der Waals surface area contributed by atoms with E-state index in [1.54, 1.807) is 0 Å². The van der Waals surface area contributed by atoms with Gasteiger partial charge in [0.15, 0.2) is 5.78 Å². The van der Waals surface area contributed by atoms with Gasteiger partial charge in [0.05, 0.1) is 0 Å². The molecule has 0 N–H and O–H groups in total. The minimum absolute atomic E-state index is 0.221. The van der Waals surface area contributed by atoms with Crippen LogP contribution < -0.4 is 0 Å². The fourth-order valence-corrected chi connectivity index (χ4v) is 2.41. The lowest BCUT2D eigenvalue weighted by Gasteiger charge is -2.30. The van der Waals surface area contributed by atoms with E-state index in [1.165, 1.54) is 0 Å². The highest BCUT2D eigenvalue weighted by atomic mass is 16.1. The third kappa shape index (κ3) is 4.26. The van der Waals surface area contributed by atoms with E-state index in [2.05, 4.69) is 25.8 Å². The summed E-state index contributed by atoms with van der Waals surface area (Å²) in [5.41, 5.74) is 0.464. The number of nitrogens with zero attached hydrogens (tertiary/aromatic N) is 1. The molecule has 0 heterocycles. The molecule has 0 bridgehead atoms. The maximum Gasteiger partial charge on any atom is 0.169 e. The SMILES string of the molecule is CC(C)CN(C)CC(C)(C)C(=O)c1ccccc1. The monoisotopic (exact) mass is 247 g/mol. The molecule has 100 valence electrons. The van der Waals surface area contributed by atoms with E-state index < -0.39 is 0 Å². The smallest absolute Gasteiger partial charge is 0.169 e. The zero-order chi connectivity index (χ0) is 13.8. The number of ketones is 1. The highest BCUT2D eigenvalue weighted by molar-refractivity contribution is 6.00. The van der Waals surface area contributed by atoms with Gasteiger partial charge in [0, 0.05) is 24.1 Å². The van der Waals surface area contributed by atoms with Crippen molar-refractivity contribution in [1.29, 1.82) is 0 Å². The highest BCUT2D eigenvalue weighted by Gasteiger charge is 2.29. The van der Waals surface area contributed by atoms with Crippen molar-refractivity contribution in [3.63, 3.8) is 0 Å². The molecule has 0 aliphatic carbocycles. The molecular weight excluding hydrogens is 222 g/mol. The molecule has 0 aliphatic rings. The summed E-state index contributed by atoms with van der Waals surface area (Å²) in [6, 6.07) is 9.57. The number of hydrogen-bond donors (Lipinski definition) is 0. The second-order valence-corrected chi connectivity index (χ2v) is 6.17. The van der Waals surface area contributed by atoms with Crippen molar-refractivity contribution in [3.8, 4) is 0 Å². The number of rotatable bonds is 6. The molecule has 0 spiro atoms. The Hall–Kier alpha value is -1.15. The first-order valence-corrected chi connectivity index (χ1v) is 6.61. The van der Waals surface area contributed by atoms with Gasteiger partial charge in [-0.1, -0.05) is 58.0 Å². The third-order valence-electron chi connectivity index (χ3n) is 2.99. The minimum atomic E-state index is -0.342. The van der Waals surface area contributed by atoms with Crippen LogP contribution in [-0.2, 0) is 0 Å². The summed E-state index contributed by atoms with van der Waals surface area (Å²) in [6.07, 6.45) is 0. The average Bonchev–Trinajstić information content (AvgIpc) is 2.27. The molecule has 1 rings (SSSR count). The predicted octanol–water partition coefficient (Wildman–Crippen LogP) is 3.48. The first-order chi connectivity index (χ1) is 8.33. The van der Waals surface area contributed by atoms with Gasteiger partial charge >= 0.3 is 0 Å². The number of benzene rings is 1. The van der Waals surface area contributed by atoms with Crippen molar-refractivity contribution in [2.24, 2.45) is 11.3 Å². The van der Waals surface area contributed by atoms with E-state index in [0.717, 1.165) is 18.7 Å². The average molecular weight is 247 g/mol. The first kappa shape index (κ1) is 14.9. The Morgan fingerprint density at radius 2 is 1.78 bits per heavy atom. The van der Waals surface area contributed by atoms with Crippen molar-refractivity contribution in [2.45, 2.75) is 27.7 Å². The van der Waals surface area contributed by atoms with E-state index in [4.69, 9.17) is 0 Å². The van der Waals surface area contributed by atoms with Gasteiger partial charge in [0.25, 0.3) is 0 Å². The second-order valence-electron chi connectivity index (χ2n) is 6.17. The molecule has 1 aromatic carbocycles. The molecule has 2 nitrogen and oxygen atoms in total. The van der Waals surface area contributed by atoms with E-state index in [0.29, 0.717) is 5.92 Å². The number of carbonyl (C=O) groups excluding carboxylic acids is 1. The number of hydrogen-bond acceptors (Lipinski definition) is 2. The summed E-state index contributed by atoms with van der Waals surface area (Å²) >= 11 is 0. The van der Waals surface area contributed by atoms with Crippen LogP contribution >= 0.6 is 0 Å². The Bertz CT molecular complexity index is 381. The zero-order valence-corrected chi connectivity index (χ0v) is 12.2. The van der Waals surface area contributed by atoms with E-state index >= 15 is 0 Å². The maximum absolute atomic E-state index is 12.5. The Morgan fingerprint density at radius 3 is 2.28 bits per heavy atom. The first-order valence-electron chi connectivity index (χ1n) is 6.61. The largest absolute Gasteiger partial charge is 0.305 e. The predicted molar refractivity (Wildman–Crippen MR) is 76.9 cm³/mol. The van der Waals surface area contributed by atoms with Crippen LogP contribution in [-0.4, -0.2) is 30.8 Å². The summed E-state index contributed by atoms with van der Waals surface area (Å²) in [5, 5.41) is 0. The molecule has 0 aromatic heterocycles. The summed E-state index contributed by atoms with van der Waals surface area (Å²) < 4.78 is 0. The summed E-state index contributed by atoms with van der Waals surface area (Å²) in [4.78, 5) is 14.7. The van der Waals surface area contributed by atoms with Crippen molar-refractivity contribution in [2.75, 3.05) is 20.1 Å². The van der Waals surface area contributed by atoms with Crippen LogP contribution in [0.2, 0.25) is 0 Å². The van der Waals surface area contributed by atoms with E-state index in [9.17, 15) is 4.79 Å². The van der Waals surface area contributed by atoms with Crippen molar-refractivity contribution in [1.82, 2.24) is 4.90 Å². The Balaban J connectivity index is 2.71. The molecule has 0 saturated heterocycles. The Labute approximate surface area is 111 Å². The standard InChI is InChI=1S/C16H25NO/c1-13(2)11-17(5)12-16(3,4)15(18)14-9-7-6-8-10-14/h6-10,13H,11-12H2,1-5H3. The molecule has 0 unspecified atom stereocenters. The minimum Gasteiger partial charge on any atom is -0.305 e. The van der Waals surface area contributed by atoms with Crippen LogP contribution in [0.25, 0.3) is 0 Å². The van der Waals surface area contributed by atoms with Gasteiger partial charge in [0.1, 0.15) is 0 Å². The lowest BCUT2D eigenvalue weighted by Crippen LogP contribution is -2.38. The van der Waals surface area contributed by atoms with Crippen molar-refractivity contribution >= 4 is 5.78 Å². The summed E-state index contributed by atoms with van der Waals surface area (Å²) in [7, 11) is 2.08. The van der Waals surface area contributed by atoms with E-state index in [1.807, 2.05) is 44.2 Å². The zero-order valence-electron chi connectivity index (χ0n) is 12.2. The molecule has 0 amide bonds. The van der Waals surface area contributed by atoms with Crippen molar-refractivity contribution < 1.29 is 4.79 Å². The topological polar surface area (TPSA) is 20.3 Å². The van der Waals surface area contributed by atoms with Gasteiger partial charge in [-0.3, -0.25) is 4.79 Å². The lowest BCUT2D eigenvalue weighted by atomic mass is 9.83. The van der Waals surface area contributed by atoms with Gasteiger partial charge in [-0.25, -0.2) is 0 Å². The van der Waals surface area contributed by atoms with Crippen molar-refractivity contribution in [3.05, 3.63) is 35.9 Å². The fourth-order valence-electron chi connectivity index (χ4n) is 2.41. The molecule has 0 fully saturated rings. The molecule has 0 radical (unpaired) electrons. The number of Topliss-reactive ketones (excluding diaryl/α,β-unsaturated/α-hetero) is 1. The summed E-state index contributed by atoms with van der Waals surface area (Å²) in [6.45, 7) is 10.3. The van der Waals surface area contributed by atoms with Gasteiger partial charge in [-0.05, 0) is 13.0 Å². The fraction of sp³-hybridized carbons (Fsp3) is 0.562. The maximum atomic E-state index is 12.5. The quantitative estimate of drug-likeness (QED) is 0.717.